The molecule has 0 aliphatic heterocycles. The van der Waals surface area contributed by atoms with E-state index in [1.165, 1.54) is 0 Å². The fraction of sp³-hybridized carbons (Fsp3) is 1.00. The van der Waals surface area contributed by atoms with Crippen LogP contribution in [-0.4, -0.2) is 36.5 Å². The highest BCUT2D eigenvalue weighted by Crippen LogP contribution is 2.23. The van der Waals surface area contributed by atoms with Crippen molar-refractivity contribution in [2.24, 2.45) is 0 Å². The Hall–Kier alpha value is -0.120. The molecule has 0 amide bonds. The third kappa shape index (κ3) is 3.95. The summed E-state index contributed by atoms with van der Waals surface area (Å²) in [5, 5.41) is 12.2. The second-order valence-electron chi connectivity index (χ2n) is 4.18. The lowest BCUT2D eigenvalue weighted by Gasteiger charge is -2.37. The van der Waals surface area contributed by atoms with Gasteiger partial charge in [-0.15, -0.1) is 0 Å². The Morgan fingerprint density at radius 3 is 2.79 bits per heavy atom. The molecule has 1 aliphatic carbocycles. The summed E-state index contributed by atoms with van der Waals surface area (Å²) in [6, 6.07) is 1.16. The van der Waals surface area contributed by atoms with Gasteiger partial charge in [-0.3, -0.25) is 0 Å². The first-order valence-corrected chi connectivity index (χ1v) is 5.74. The molecule has 1 saturated carbocycles. The van der Waals surface area contributed by atoms with Gasteiger partial charge in [0.25, 0.3) is 0 Å². The highest BCUT2D eigenvalue weighted by atomic mass is 16.5. The van der Waals surface area contributed by atoms with Crippen molar-refractivity contribution in [1.82, 2.24) is 5.32 Å². The predicted molar refractivity (Wildman–Crippen MR) is 57.4 cm³/mol. The summed E-state index contributed by atoms with van der Waals surface area (Å²) in [7, 11) is 0. The van der Waals surface area contributed by atoms with E-state index < -0.39 is 0 Å². The minimum absolute atomic E-state index is 0.304. The van der Waals surface area contributed by atoms with Crippen LogP contribution in [0.2, 0.25) is 0 Å². The zero-order chi connectivity index (χ0) is 10.4. The number of aliphatic hydroxyl groups excluding tert-OH is 1. The van der Waals surface area contributed by atoms with Crippen LogP contribution in [0.4, 0.5) is 0 Å². The van der Waals surface area contributed by atoms with E-state index in [9.17, 15) is 0 Å². The van der Waals surface area contributed by atoms with Gasteiger partial charge in [0.05, 0.1) is 6.10 Å². The van der Waals surface area contributed by atoms with Crippen molar-refractivity contribution in [3.8, 4) is 0 Å². The van der Waals surface area contributed by atoms with Gasteiger partial charge < -0.3 is 15.2 Å². The van der Waals surface area contributed by atoms with Crippen molar-refractivity contribution >= 4 is 0 Å². The Labute approximate surface area is 86.8 Å². The molecule has 0 saturated heterocycles. The van der Waals surface area contributed by atoms with Gasteiger partial charge in [-0.25, -0.2) is 0 Å². The summed E-state index contributed by atoms with van der Waals surface area (Å²) >= 11 is 0. The van der Waals surface area contributed by atoms with Gasteiger partial charge in [0.15, 0.2) is 0 Å². The topological polar surface area (TPSA) is 41.5 Å². The molecule has 1 unspecified atom stereocenters. The summed E-state index contributed by atoms with van der Waals surface area (Å²) in [5.74, 6) is 0. The van der Waals surface area contributed by atoms with Crippen molar-refractivity contribution in [3.05, 3.63) is 0 Å². The monoisotopic (exact) mass is 201 g/mol. The Morgan fingerprint density at radius 2 is 2.21 bits per heavy atom. The highest BCUT2D eigenvalue weighted by molar-refractivity contribution is 4.87. The second-order valence-corrected chi connectivity index (χ2v) is 4.18. The van der Waals surface area contributed by atoms with Crippen LogP contribution in [0.5, 0.6) is 0 Å². The Kier molecular flexibility index (Phi) is 5.45. The molecular weight excluding hydrogens is 178 g/mol. The molecule has 84 valence electrons. The third-order valence-corrected chi connectivity index (χ3v) is 2.81. The van der Waals surface area contributed by atoms with E-state index in [1.807, 2.05) is 6.92 Å². The summed E-state index contributed by atoms with van der Waals surface area (Å²) in [6.07, 6.45) is 4.75. The molecule has 0 radical (unpaired) electrons. The van der Waals surface area contributed by atoms with E-state index in [-0.39, 0.29) is 0 Å². The molecule has 2 N–H and O–H groups in total. The van der Waals surface area contributed by atoms with Crippen LogP contribution in [0.3, 0.4) is 0 Å². The quantitative estimate of drug-likeness (QED) is 0.652. The first kappa shape index (κ1) is 12.0. The van der Waals surface area contributed by atoms with Crippen molar-refractivity contribution in [2.75, 3.05) is 13.2 Å². The van der Waals surface area contributed by atoms with E-state index in [2.05, 4.69) is 12.2 Å². The Bertz CT molecular complexity index is 146. The number of hydrogen-bond acceptors (Lipinski definition) is 3. The number of ether oxygens (including phenoxy) is 1. The maximum absolute atomic E-state index is 8.68. The Balaban J connectivity index is 1.98. The molecule has 0 heterocycles. The van der Waals surface area contributed by atoms with Crippen LogP contribution in [0.1, 0.15) is 39.5 Å². The van der Waals surface area contributed by atoms with Crippen LogP contribution in [0, 0.1) is 0 Å². The average molecular weight is 201 g/mol. The number of nitrogens with one attached hydrogen (secondary N) is 1. The number of aliphatic hydroxyl groups is 1. The van der Waals surface area contributed by atoms with Crippen LogP contribution in [0.15, 0.2) is 0 Å². The molecule has 3 heteroatoms. The lowest BCUT2D eigenvalue weighted by atomic mass is 9.88. The van der Waals surface area contributed by atoms with Crippen molar-refractivity contribution in [3.63, 3.8) is 0 Å². The van der Waals surface area contributed by atoms with Crippen LogP contribution in [-0.2, 0) is 4.74 Å². The smallest absolute Gasteiger partial charge is 0.0604 e. The first-order valence-electron chi connectivity index (χ1n) is 5.74. The largest absolute Gasteiger partial charge is 0.396 e. The van der Waals surface area contributed by atoms with E-state index in [4.69, 9.17) is 9.84 Å². The maximum Gasteiger partial charge on any atom is 0.0604 e. The van der Waals surface area contributed by atoms with Gasteiger partial charge in [0, 0.05) is 25.3 Å². The zero-order valence-electron chi connectivity index (χ0n) is 9.33. The van der Waals surface area contributed by atoms with Crippen molar-refractivity contribution in [1.29, 1.82) is 0 Å². The predicted octanol–water partition coefficient (Wildman–Crippen LogP) is 1.30. The van der Waals surface area contributed by atoms with E-state index in [0.29, 0.717) is 24.8 Å². The molecule has 1 rings (SSSR count). The van der Waals surface area contributed by atoms with E-state index in [1.54, 1.807) is 0 Å². The zero-order valence-corrected chi connectivity index (χ0v) is 9.33. The second kappa shape index (κ2) is 6.38. The van der Waals surface area contributed by atoms with Gasteiger partial charge in [-0.05, 0) is 39.5 Å². The van der Waals surface area contributed by atoms with Crippen LogP contribution < -0.4 is 5.32 Å². The fourth-order valence-corrected chi connectivity index (χ4v) is 1.96. The van der Waals surface area contributed by atoms with Gasteiger partial charge in [-0.2, -0.15) is 0 Å². The molecule has 0 aromatic heterocycles. The minimum Gasteiger partial charge on any atom is -0.396 e. The molecule has 0 aromatic carbocycles. The fourth-order valence-electron chi connectivity index (χ4n) is 1.96. The molecule has 1 aliphatic rings. The van der Waals surface area contributed by atoms with Crippen LogP contribution >= 0.6 is 0 Å². The minimum atomic E-state index is 0.304. The van der Waals surface area contributed by atoms with Crippen LogP contribution in [0.25, 0.3) is 0 Å². The normalized spacial score (nSPS) is 28.5. The summed E-state index contributed by atoms with van der Waals surface area (Å²) in [6.45, 7) is 5.37. The summed E-state index contributed by atoms with van der Waals surface area (Å²) in [5.41, 5.74) is 0. The molecule has 14 heavy (non-hydrogen) atoms. The maximum atomic E-state index is 8.68. The Morgan fingerprint density at radius 1 is 1.50 bits per heavy atom. The van der Waals surface area contributed by atoms with Crippen molar-refractivity contribution in [2.45, 2.75) is 57.7 Å². The molecule has 0 spiro atoms. The molecule has 3 nitrogen and oxygen atoms in total. The molecule has 0 bridgehead atoms. The number of rotatable bonds is 7. The van der Waals surface area contributed by atoms with Gasteiger partial charge in [-0.1, -0.05) is 0 Å². The SMILES string of the molecule is CCOC1CC(NC(C)CCCO)C1. The van der Waals surface area contributed by atoms with Gasteiger partial charge >= 0.3 is 0 Å². The molecule has 1 atom stereocenters. The highest BCUT2D eigenvalue weighted by Gasteiger charge is 2.29. The van der Waals surface area contributed by atoms with Gasteiger partial charge in [0.1, 0.15) is 0 Å². The third-order valence-electron chi connectivity index (χ3n) is 2.81. The molecule has 0 aromatic rings. The molecule has 1 fully saturated rings. The lowest BCUT2D eigenvalue weighted by Crippen LogP contribution is -2.48. The summed E-state index contributed by atoms with van der Waals surface area (Å²) in [4.78, 5) is 0. The molecular formula is C11H23NO2. The average Bonchev–Trinajstić information content (AvgIpc) is 2.11. The number of hydrogen-bond donors (Lipinski definition) is 2. The van der Waals surface area contributed by atoms with E-state index >= 15 is 0 Å². The van der Waals surface area contributed by atoms with E-state index in [0.717, 1.165) is 32.3 Å². The first-order chi connectivity index (χ1) is 6.76. The van der Waals surface area contributed by atoms with Crippen molar-refractivity contribution < 1.29 is 9.84 Å². The lowest BCUT2D eigenvalue weighted by molar-refractivity contribution is -0.0122. The summed E-state index contributed by atoms with van der Waals surface area (Å²) < 4.78 is 5.49. The van der Waals surface area contributed by atoms with Gasteiger partial charge in [0.2, 0.25) is 0 Å². The standard InChI is InChI=1S/C11H23NO2/c1-3-14-11-7-10(8-11)12-9(2)5-4-6-13/h9-13H,3-8H2,1-2H3.